The zero-order valence-corrected chi connectivity index (χ0v) is 15.2. The van der Waals surface area contributed by atoms with Crippen molar-refractivity contribution in [3.8, 4) is 0 Å². The number of nitrogens with one attached hydrogen (secondary N) is 3. The van der Waals surface area contributed by atoms with Crippen LogP contribution in [-0.2, 0) is 4.79 Å². The molecule has 1 aromatic heterocycles. The summed E-state index contributed by atoms with van der Waals surface area (Å²) in [6, 6.07) is 0.367. The van der Waals surface area contributed by atoms with Gasteiger partial charge in [-0.3, -0.25) is 19.8 Å². The largest absolute Gasteiger partial charge is 0.348 e. The number of hydrogen-bond donors (Lipinski definition) is 3. The third-order valence-electron chi connectivity index (χ3n) is 4.57. The predicted octanol–water partition coefficient (Wildman–Crippen LogP) is 0.736. The van der Waals surface area contributed by atoms with Crippen molar-refractivity contribution in [2.75, 3.05) is 13.1 Å². The van der Waals surface area contributed by atoms with E-state index in [4.69, 9.17) is 0 Å². The number of aromatic nitrogens is 1. The molecule has 0 spiro atoms. The van der Waals surface area contributed by atoms with Gasteiger partial charge in [-0.2, -0.15) is 0 Å². The van der Waals surface area contributed by atoms with Gasteiger partial charge in [0.15, 0.2) is 0 Å². The zero-order chi connectivity index (χ0) is 17.3. The van der Waals surface area contributed by atoms with Gasteiger partial charge in [0.2, 0.25) is 5.91 Å². The second kappa shape index (κ2) is 7.16. The Bertz CT molecular complexity index is 624. The summed E-state index contributed by atoms with van der Waals surface area (Å²) in [5.74, 6) is 0.0759. The van der Waals surface area contributed by atoms with Gasteiger partial charge in [0.25, 0.3) is 5.91 Å². The van der Waals surface area contributed by atoms with E-state index in [1.54, 1.807) is 0 Å². The lowest BCUT2D eigenvalue weighted by atomic mass is 10.0. The van der Waals surface area contributed by atoms with Crippen molar-refractivity contribution in [2.45, 2.75) is 58.4 Å². The first-order valence-corrected chi connectivity index (χ1v) is 9.28. The van der Waals surface area contributed by atoms with Crippen molar-refractivity contribution in [3.05, 3.63) is 15.6 Å². The Kier molecular flexibility index (Phi) is 5.17. The topological polar surface area (TPSA) is 86.4 Å². The first-order chi connectivity index (χ1) is 11.4. The highest BCUT2D eigenvalue weighted by atomic mass is 32.1. The molecule has 0 aliphatic carbocycles. The van der Waals surface area contributed by atoms with E-state index in [1.807, 2.05) is 20.8 Å². The molecule has 0 saturated carbocycles. The summed E-state index contributed by atoms with van der Waals surface area (Å²) < 4.78 is 0. The van der Waals surface area contributed by atoms with Crippen LogP contribution in [0.1, 0.15) is 46.6 Å². The van der Waals surface area contributed by atoms with Crippen LogP contribution in [0.2, 0.25) is 0 Å². The minimum atomic E-state index is -0.0932. The Hall–Kier alpha value is -1.51. The smallest absolute Gasteiger partial charge is 0.263 e. The number of amides is 2. The fraction of sp³-hybridized carbons (Fsp3) is 0.688. The monoisotopic (exact) mass is 351 g/mol. The molecule has 3 rings (SSSR count). The van der Waals surface area contributed by atoms with Gasteiger partial charge in [-0.15, -0.1) is 11.3 Å². The van der Waals surface area contributed by atoms with E-state index in [-0.39, 0.29) is 30.2 Å². The Morgan fingerprint density at radius 1 is 1.33 bits per heavy atom. The summed E-state index contributed by atoms with van der Waals surface area (Å²) in [5, 5.41) is 10.4. The van der Waals surface area contributed by atoms with Gasteiger partial charge in [0.1, 0.15) is 11.2 Å². The molecule has 2 aliphatic rings. The number of nitrogens with zero attached hydrogens (tertiary/aromatic N) is 2. The maximum absolute atomic E-state index is 12.4. The van der Waals surface area contributed by atoms with E-state index in [1.165, 1.54) is 11.3 Å². The number of rotatable bonds is 3. The molecular weight excluding hydrogens is 326 g/mol. The summed E-state index contributed by atoms with van der Waals surface area (Å²) in [6.45, 7) is 7.50. The lowest BCUT2D eigenvalue weighted by Gasteiger charge is -2.41. The lowest BCUT2D eigenvalue weighted by molar-refractivity contribution is -0.127. The van der Waals surface area contributed by atoms with Gasteiger partial charge in [0, 0.05) is 31.6 Å². The van der Waals surface area contributed by atoms with Crippen LogP contribution in [0.5, 0.6) is 0 Å². The van der Waals surface area contributed by atoms with Crippen molar-refractivity contribution < 1.29 is 9.59 Å². The second-order valence-corrected chi connectivity index (χ2v) is 7.88. The fourth-order valence-electron chi connectivity index (χ4n) is 3.35. The Balaban J connectivity index is 1.51. The molecule has 3 N–H and O–H groups in total. The Morgan fingerprint density at radius 2 is 2.04 bits per heavy atom. The molecule has 0 aromatic carbocycles. The van der Waals surface area contributed by atoms with Gasteiger partial charge in [-0.05, 0) is 33.6 Å². The fourth-order valence-corrected chi connectivity index (χ4v) is 4.17. The molecule has 2 aliphatic heterocycles. The normalized spacial score (nSPS) is 26.2. The summed E-state index contributed by atoms with van der Waals surface area (Å²) in [4.78, 5) is 31.3. The first-order valence-electron chi connectivity index (χ1n) is 8.46. The molecule has 8 heteroatoms. The van der Waals surface area contributed by atoms with Gasteiger partial charge in [-0.1, -0.05) is 0 Å². The minimum absolute atomic E-state index is 0.0192. The van der Waals surface area contributed by atoms with Crippen LogP contribution in [0, 0.1) is 13.8 Å². The van der Waals surface area contributed by atoms with Gasteiger partial charge < -0.3 is 10.6 Å². The van der Waals surface area contributed by atoms with E-state index >= 15 is 0 Å². The average molecular weight is 351 g/mol. The van der Waals surface area contributed by atoms with Crippen LogP contribution in [0.3, 0.4) is 0 Å². The number of thiazole rings is 1. The molecule has 0 radical (unpaired) electrons. The lowest BCUT2D eigenvalue weighted by Crippen LogP contribution is -2.65. The first kappa shape index (κ1) is 17.3. The molecule has 2 unspecified atom stereocenters. The zero-order valence-electron chi connectivity index (χ0n) is 14.4. The van der Waals surface area contributed by atoms with E-state index < -0.39 is 0 Å². The van der Waals surface area contributed by atoms with Crippen molar-refractivity contribution in [1.29, 1.82) is 0 Å². The molecule has 2 amide bonds. The number of carbonyl (C=O) groups excluding carboxylic acids is 2. The molecular formula is C16H25N5O2S. The van der Waals surface area contributed by atoms with Crippen LogP contribution >= 0.6 is 11.3 Å². The SMILES string of the molecule is Cc1nc(C)c(C(=O)NC2CCN(C3NC(=O)CC(C)N3)CC2)s1. The Morgan fingerprint density at radius 3 is 2.62 bits per heavy atom. The predicted molar refractivity (Wildman–Crippen MR) is 92.8 cm³/mol. The third-order valence-corrected chi connectivity index (χ3v) is 5.64. The molecule has 2 atom stereocenters. The number of piperidine rings is 1. The molecule has 1 aromatic rings. The maximum Gasteiger partial charge on any atom is 0.263 e. The van der Waals surface area contributed by atoms with Gasteiger partial charge in [-0.25, -0.2) is 4.98 Å². The molecule has 2 fully saturated rings. The summed E-state index contributed by atoms with van der Waals surface area (Å²) in [7, 11) is 0. The quantitative estimate of drug-likeness (QED) is 0.748. The molecule has 7 nitrogen and oxygen atoms in total. The number of carbonyl (C=O) groups is 2. The highest BCUT2D eigenvalue weighted by Gasteiger charge is 2.31. The van der Waals surface area contributed by atoms with E-state index in [0.29, 0.717) is 11.3 Å². The van der Waals surface area contributed by atoms with E-state index in [2.05, 4.69) is 25.8 Å². The highest BCUT2D eigenvalue weighted by molar-refractivity contribution is 7.13. The van der Waals surface area contributed by atoms with Gasteiger partial charge >= 0.3 is 0 Å². The van der Waals surface area contributed by atoms with Crippen LogP contribution in [0.25, 0.3) is 0 Å². The van der Waals surface area contributed by atoms with Crippen LogP contribution < -0.4 is 16.0 Å². The van der Waals surface area contributed by atoms with Crippen molar-refractivity contribution in [1.82, 2.24) is 25.8 Å². The van der Waals surface area contributed by atoms with Crippen molar-refractivity contribution >= 4 is 23.2 Å². The van der Waals surface area contributed by atoms with Crippen LogP contribution in [0.15, 0.2) is 0 Å². The van der Waals surface area contributed by atoms with E-state index in [0.717, 1.165) is 36.6 Å². The molecule has 3 heterocycles. The Labute approximate surface area is 146 Å². The second-order valence-electron chi connectivity index (χ2n) is 6.67. The molecule has 24 heavy (non-hydrogen) atoms. The molecule has 0 bridgehead atoms. The highest BCUT2D eigenvalue weighted by Crippen LogP contribution is 2.19. The maximum atomic E-state index is 12.4. The standard InChI is InChI=1S/C16H25N5O2S/c1-9-8-13(22)20-16(17-9)21-6-4-12(5-7-21)19-15(23)14-10(2)18-11(3)24-14/h9,12,16-17H,4-8H2,1-3H3,(H,19,23)(H,20,22). The number of likely N-dealkylation sites (tertiary alicyclic amines) is 1. The number of aryl methyl sites for hydroxylation is 2. The van der Waals surface area contributed by atoms with E-state index in [9.17, 15) is 9.59 Å². The van der Waals surface area contributed by atoms with Gasteiger partial charge in [0.05, 0.1) is 10.7 Å². The summed E-state index contributed by atoms with van der Waals surface area (Å²) in [5.41, 5.74) is 0.801. The van der Waals surface area contributed by atoms with Crippen LogP contribution in [-0.4, -0.2) is 53.2 Å². The summed E-state index contributed by atoms with van der Waals surface area (Å²) in [6.07, 6.45) is 2.19. The molecule has 132 valence electrons. The number of hydrogen-bond acceptors (Lipinski definition) is 6. The van der Waals surface area contributed by atoms with Crippen molar-refractivity contribution in [2.24, 2.45) is 0 Å². The summed E-state index contributed by atoms with van der Waals surface area (Å²) >= 11 is 1.44. The average Bonchev–Trinajstić information content (AvgIpc) is 2.86. The minimum Gasteiger partial charge on any atom is -0.348 e. The van der Waals surface area contributed by atoms with Crippen LogP contribution in [0.4, 0.5) is 0 Å². The van der Waals surface area contributed by atoms with Crippen molar-refractivity contribution in [3.63, 3.8) is 0 Å². The third kappa shape index (κ3) is 3.93. The molecule has 2 saturated heterocycles.